The summed E-state index contributed by atoms with van der Waals surface area (Å²) in [6, 6.07) is 6.06. The van der Waals surface area contributed by atoms with Gasteiger partial charge in [0.25, 0.3) is 0 Å². The Balaban J connectivity index is 1.33. The Kier molecular flexibility index (Phi) is 12.3. The van der Waals surface area contributed by atoms with Crippen LogP contribution in [0.3, 0.4) is 0 Å². The molecule has 2 saturated carbocycles. The van der Waals surface area contributed by atoms with Crippen LogP contribution in [0.5, 0.6) is 11.6 Å². The summed E-state index contributed by atoms with van der Waals surface area (Å²) in [5.41, 5.74) is -1.35. The van der Waals surface area contributed by atoms with E-state index in [9.17, 15) is 40.8 Å². The third kappa shape index (κ3) is 9.92. The molecule has 16 heteroatoms. The number of halogens is 3. The van der Waals surface area contributed by atoms with Gasteiger partial charge in [0, 0.05) is 24.4 Å². The number of nitrogens with one attached hydrogen (secondary N) is 1. The molecule has 2 aromatic rings. The van der Waals surface area contributed by atoms with Gasteiger partial charge in [-0.25, -0.2) is 13.4 Å². The summed E-state index contributed by atoms with van der Waals surface area (Å²) < 4.78 is 85.2. The van der Waals surface area contributed by atoms with Gasteiger partial charge < -0.3 is 19.1 Å². The van der Waals surface area contributed by atoms with Crippen LogP contribution in [-0.4, -0.2) is 84.2 Å². The lowest BCUT2D eigenvalue weighted by molar-refractivity contribution is -0.216. The molecule has 3 fully saturated rings. The molecule has 57 heavy (non-hydrogen) atoms. The molecule has 0 bridgehead atoms. The fourth-order valence-corrected chi connectivity index (χ4v) is 9.59. The van der Waals surface area contributed by atoms with Crippen LogP contribution >= 0.6 is 0 Å². The van der Waals surface area contributed by atoms with Gasteiger partial charge in [0.05, 0.1) is 41.7 Å². The van der Waals surface area contributed by atoms with Gasteiger partial charge in [-0.05, 0) is 107 Å². The maximum absolute atomic E-state index is 14.7. The highest BCUT2D eigenvalue weighted by Crippen LogP contribution is 2.57. The van der Waals surface area contributed by atoms with Crippen LogP contribution in [0, 0.1) is 29.1 Å². The molecule has 2 amide bonds. The molecular formula is C41H52F3N3O9S. The number of rotatable bonds is 10. The highest BCUT2D eigenvalue weighted by Gasteiger charge is 2.61. The Morgan fingerprint density at radius 1 is 1.07 bits per heavy atom. The van der Waals surface area contributed by atoms with Crippen molar-refractivity contribution >= 4 is 44.4 Å². The number of Topliss-reactive ketones (excluding diaryl/α,β-unsaturated/α-hetero) is 1. The van der Waals surface area contributed by atoms with Crippen LogP contribution in [-0.2, 0) is 33.9 Å². The minimum atomic E-state index is -4.80. The first-order valence-corrected chi connectivity index (χ1v) is 21.4. The lowest BCUT2D eigenvalue weighted by atomic mass is 9.82. The zero-order chi connectivity index (χ0) is 41.4. The van der Waals surface area contributed by atoms with Crippen molar-refractivity contribution < 1.29 is 55.0 Å². The number of hydrogen-bond acceptors (Lipinski definition) is 10. The van der Waals surface area contributed by atoms with Crippen molar-refractivity contribution in [3.05, 3.63) is 42.6 Å². The molecule has 1 aromatic carbocycles. The van der Waals surface area contributed by atoms with Crippen molar-refractivity contribution in [2.75, 3.05) is 6.54 Å². The second kappa shape index (κ2) is 16.6. The molecule has 1 aromatic heterocycles. The Labute approximate surface area is 331 Å². The molecule has 8 atom stereocenters. The van der Waals surface area contributed by atoms with Gasteiger partial charge in [-0.3, -0.25) is 23.9 Å². The Hall–Kier alpha value is -4.21. The zero-order valence-corrected chi connectivity index (χ0v) is 33.7. The highest BCUT2D eigenvalue weighted by molar-refractivity contribution is 7.90. The molecule has 1 saturated heterocycles. The number of carbonyl (C=O) groups is 4. The lowest BCUT2D eigenvalue weighted by Gasteiger charge is -2.32. The fourth-order valence-electron chi connectivity index (χ4n) is 8.20. The summed E-state index contributed by atoms with van der Waals surface area (Å²) in [6.45, 7) is 8.17. The maximum atomic E-state index is 14.7. The number of aromatic nitrogens is 1. The molecule has 2 aliphatic heterocycles. The van der Waals surface area contributed by atoms with E-state index >= 15 is 0 Å². The second-order valence-electron chi connectivity index (χ2n) is 16.7. The first-order valence-electron chi connectivity index (χ1n) is 19.8. The number of benzene rings is 1. The molecule has 2 aliphatic carbocycles. The summed E-state index contributed by atoms with van der Waals surface area (Å²) in [4.78, 5) is 61.9. The number of hydrogen-bond donors (Lipinski definition) is 1. The van der Waals surface area contributed by atoms with Crippen LogP contribution < -0.4 is 14.2 Å². The molecule has 4 aliphatic rings. The predicted octanol–water partition coefficient (Wildman–Crippen LogP) is 6.46. The number of nitrogens with zero attached hydrogens (tertiary/aromatic N) is 2. The van der Waals surface area contributed by atoms with Gasteiger partial charge in [-0.1, -0.05) is 26.0 Å². The minimum Gasteiger partial charge on any atom is -0.491 e. The molecule has 0 spiro atoms. The third-order valence-electron chi connectivity index (χ3n) is 11.7. The summed E-state index contributed by atoms with van der Waals surface area (Å²) in [5.74, 6) is -4.18. The summed E-state index contributed by atoms with van der Waals surface area (Å²) in [7, 11) is -3.93. The smallest absolute Gasteiger partial charge is 0.425 e. The second-order valence-corrected chi connectivity index (χ2v) is 18.7. The number of pyridine rings is 1. The van der Waals surface area contributed by atoms with Gasteiger partial charge in [-0.2, -0.15) is 13.2 Å². The molecule has 1 N–H and O–H groups in total. The number of fused-ring (bicyclic) bond motifs is 3. The van der Waals surface area contributed by atoms with E-state index in [0.717, 1.165) is 12.3 Å². The summed E-state index contributed by atoms with van der Waals surface area (Å²) in [6.07, 6.45) is -0.856. The highest BCUT2D eigenvalue weighted by atomic mass is 32.2. The van der Waals surface area contributed by atoms with Crippen molar-refractivity contribution in [2.24, 2.45) is 29.1 Å². The van der Waals surface area contributed by atoms with E-state index in [1.165, 1.54) is 4.90 Å². The number of ether oxygens (including phenoxy) is 3. The van der Waals surface area contributed by atoms with Gasteiger partial charge in [0.1, 0.15) is 11.9 Å². The minimum absolute atomic E-state index is 0.0111. The number of carbonyl (C=O) groups excluding carboxylic acids is 4. The van der Waals surface area contributed by atoms with E-state index in [4.69, 9.17) is 14.2 Å². The van der Waals surface area contributed by atoms with Crippen molar-refractivity contribution in [3.63, 3.8) is 0 Å². The summed E-state index contributed by atoms with van der Waals surface area (Å²) >= 11 is 0. The number of ketones is 1. The molecule has 6 rings (SSSR count). The Bertz CT molecular complexity index is 2000. The Morgan fingerprint density at radius 3 is 2.49 bits per heavy atom. The fraction of sp³-hybridized carbons (Fsp3) is 0.634. The Morgan fingerprint density at radius 2 is 1.81 bits per heavy atom. The first-order chi connectivity index (χ1) is 26.8. The molecule has 312 valence electrons. The SMILES string of the molecule is CC(C)Oc1ccc2c(O[C@@H]3C[C@H]4C(=O)C[C@]5(C(=O)NS(=O)(=O)C6CC6)C[C@H]5/C=C\CC[C@H](C)C[C@@H](C)[C@H](CC(=O)O[C@H](C)C(F)(F)F)C(=O)N4C3)nccc2c1. The van der Waals surface area contributed by atoms with Crippen molar-refractivity contribution in [3.8, 4) is 11.6 Å². The molecule has 0 unspecified atom stereocenters. The lowest BCUT2D eigenvalue weighted by Crippen LogP contribution is -2.47. The standard InChI is InChI=1S/C41H52F3N3O9S/c1-23(2)54-29-10-13-32-27(17-29)14-15-45-37(32)56-30-18-34-35(48)21-40(39(51)46-57(52,53)31-11-12-31)20-28(40)9-7-6-8-24(3)16-25(4)33(38(50)47(34)22-30)19-36(49)55-26(5)41(42,43)44/h7,9-10,13-15,17,23-26,28,30-31,33-34H,6,8,11-12,16,18-22H2,1-5H3,(H,46,51)/b9-7-/t24-,25+,26+,28+,30+,33-,34-,40+/m0/s1. The van der Waals surface area contributed by atoms with E-state index in [2.05, 4.69) is 9.71 Å². The number of amides is 2. The monoisotopic (exact) mass is 819 g/mol. The van der Waals surface area contributed by atoms with Gasteiger partial charge in [0.2, 0.25) is 27.7 Å². The average Bonchev–Trinajstić information content (AvgIpc) is 4.05. The molecule has 3 heterocycles. The molecule has 0 radical (unpaired) electrons. The van der Waals surface area contributed by atoms with Crippen LogP contribution in [0.2, 0.25) is 0 Å². The predicted molar refractivity (Wildman–Crippen MR) is 203 cm³/mol. The van der Waals surface area contributed by atoms with E-state index in [-0.39, 0.29) is 43.7 Å². The van der Waals surface area contributed by atoms with Gasteiger partial charge >= 0.3 is 12.1 Å². The number of alkyl halides is 3. The molecular weight excluding hydrogens is 768 g/mol. The van der Waals surface area contributed by atoms with Crippen LogP contribution in [0.4, 0.5) is 13.2 Å². The average molecular weight is 820 g/mol. The van der Waals surface area contributed by atoms with E-state index in [0.29, 0.717) is 43.2 Å². The number of esters is 1. The normalized spacial score (nSPS) is 29.7. The zero-order valence-electron chi connectivity index (χ0n) is 32.9. The van der Waals surface area contributed by atoms with E-state index in [1.807, 2.05) is 39.0 Å². The van der Waals surface area contributed by atoms with Crippen molar-refractivity contribution in [2.45, 2.75) is 128 Å². The number of sulfonamides is 1. The quantitative estimate of drug-likeness (QED) is 0.209. The third-order valence-corrected chi connectivity index (χ3v) is 13.5. The van der Waals surface area contributed by atoms with Crippen molar-refractivity contribution in [1.82, 2.24) is 14.6 Å². The van der Waals surface area contributed by atoms with Crippen LogP contribution in [0.1, 0.15) is 92.4 Å². The van der Waals surface area contributed by atoms with Crippen LogP contribution in [0.25, 0.3) is 10.8 Å². The largest absolute Gasteiger partial charge is 0.491 e. The maximum Gasteiger partial charge on any atom is 0.425 e. The topological polar surface area (TPSA) is 158 Å². The number of allylic oxidation sites excluding steroid dienone is 2. The van der Waals surface area contributed by atoms with E-state index in [1.54, 1.807) is 31.3 Å². The van der Waals surface area contributed by atoms with Gasteiger partial charge in [0.15, 0.2) is 11.9 Å². The van der Waals surface area contributed by atoms with E-state index < -0.39 is 92.9 Å². The molecule has 12 nitrogen and oxygen atoms in total. The van der Waals surface area contributed by atoms with Gasteiger partial charge in [-0.15, -0.1) is 0 Å². The first kappa shape index (κ1) is 42.4. The van der Waals surface area contributed by atoms with Crippen LogP contribution in [0.15, 0.2) is 42.6 Å². The van der Waals surface area contributed by atoms with Crippen molar-refractivity contribution in [1.29, 1.82) is 0 Å². The summed E-state index contributed by atoms with van der Waals surface area (Å²) in [5, 5.41) is 0.764.